The molecule has 3 aromatic rings. The van der Waals surface area contributed by atoms with E-state index in [2.05, 4.69) is 10.0 Å². The highest BCUT2D eigenvalue weighted by Crippen LogP contribution is 2.34. The van der Waals surface area contributed by atoms with Gasteiger partial charge in [0.2, 0.25) is 6.79 Å². The van der Waals surface area contributed by atoms with Crippen LogP contribution in [0.4, 0.5) is 16.2 Å². The molecular formula is C36H45ClN4O9S. The Labute approximate surface area is 303 Å². The van der Waals surface area contributed by atoms with Gasteiger partial charge in [0, 0.05) is 55.1 Å². The molecule has 3 aromatic carbocycles. The molecule has 0 bridgehead atoms. The van der Waals surface area contributed by atoms with Crippen LogP contribution >= 0.6 is 11.6 Å². The van der Waals surface area contributed by atoms with Gasteiger partial charge in [-0.05, 0) is 87.7 Å². The van der Waals surface area contributed by atoms with E-state index < -0.39 is 28.1 Å². The zero-order valence-electron chi connectivity index (χ0n) is 29.1. The minimum atomic E-state index is -4.01. The molecule has 0 saturated carbocycles. The van der Waals surface area contributed by atoms with Crippen LogP contribution in [0.25, 0.3) is 0 Å². The van der Waals surface area contributed by atoms with Gasteiger partial charge in [0.25, 0.3) is 15.9 Å². The van der Waals surface area contributed by atoms with Gasteiger partial charge in [-0.15, -0.1) is 0 Å². The van der Waals surface area contributed by atoms with Crippen LogP contribution in [0.15, 0.2) is 65.6 Å². The van der Waals surface area contributed by atoms with Crippen LogP contribution in [-0.4, -0.2) is 93.7 Å². The Balaban J connectivity index is 1.39. The minimum absolute atomic E-state index is 0.00752. The molecule has 15 heteroatoms. The molecule has 0 fully saturated rings. The topological polar surface area (TPSA) is 156 Å². The summed E-state index contributed by atoms with van der Waals surface area (Å²) in [6.07, 6.45) is 1.49. The molecule has 13 nitrogen and oxygen atoms in total. The molecule has 2 heterocycles. The van der Waals surface area contributed by atoms with Gasteiger partial charge >= 0.3 is 6.03 Å². The molecule has 4 atom stereocenters. The molecule has 3 N–H and O–H groups in total. The Bertz CT molecular complexity index is 1790. The number of anilines is 2. The number of nitrogens with one attached hydrogen (secondary N) is 2. The lowest BCUT2D eigenvalue weighted by Gasteiger charge is -2.35. The number of carbonyl (C=O) groups excluding carboxylic acids is 2. The molecule has 5 rings (SSSR count). The standard InChI is InChI=1S/C36H45ClN4O9S/c1-23-19-41(24(2)21-42)35(43)30-17-28(39-51(45,46)29-12-8-26(37)9-13-29)11-14-31(30)50-25(3)7-5-6-16-47-34(23)20-40(4)36(44)38-27-10-15-32-33(18-27)49-22-48-32/h8-15,17-18,23-25,34,39,42H,5-7,16,19-22H2,1-4H3,(H,38,44)/t23-,24-,25-,34+/m0/s1. The molecule has 2 aliphatic heterocycles. The number of urea groups is 1. The number of rotatable bonds is 8. The number of hydrogen-bond donors (Lipinski definition) is 3. The summed E-state index contributed by atoms with van der Waals surface area (Å²) in [6, 6.07) is 14.5. The van der Waals surface area contributed by atoms with Gasteiger partial charge in [-0.25, -0.2) is 13.2 Å². The molecule has 276 valence electrons. The Kier molecular flexibility index (Phi) is 12.6. The highest BCUT2D eigenvalue weighted by atomic mass is 35.5. The third kappa shape index (κ3) is 9.76. The monoisotopic (exact) mass is 744 g/mol. The summed E-state index contributed by atoms with van der Waals surface area (Å²) < 4.78 is 52.4. The summed E-state index contributed by atoms with van der Waals surface area (Å²) in [5.74, 6) is 0.714. The maximum absolute atomic E-state index is 14.4. The summed E-state index contributed by atoms with van der Waals surface area (Å²) in [5.41, 5.74) is 0.852. The SMILES string of the molecule is C[C@H]1CCCCO[C@H](CN(C)C(=O)Nc2ccc3c(c2)OCO3)[C@@H](C)CN([C@@H](C)CO)C(=O)c2cc(NS(=O)(=O)c3ccc(Cl)cc3)ccc2O1. The quantitative estimate of drug-likeness (QED) is 0.258. The van der Waals surface area contributed by atoms with Crippen LogP contribution in [0.2, 0.25) is 5.02 Å². The van der Waals surface area contributed by atoms with Gasteiger partial charge in [-0.2, -0.15) is 0 Å². The Hall–Kier alpha value is -4.24. The largest absolute Gasteiger partial charge is 0.490 e. The van der Waals surface area contributed by atoms with E-state index in [4.69, 9.17) is 30.5 Å². The van der Waals surface area contributed by atoms with Crippen molar-refractivity contribution in [3.63, 3.8) is 0 Å². The van der Waals surface area contributed by atoms with Crippen LogP contribution < -0.4 is 24.2 Å². The first kappa shape index (κ1) is 38.0. The number of fused-ring (bicyclic) bond motifs is 2. The molecule has 0 aliphatic carbocycles. The molecule has 2 aliphatic rings. The molecule has 0 radical (unpaired) electrons. The summed E-state index contributed by atoms with van der Waals surface area (Å²) in [7, 11) is -2.33. The second kappa shape index (κ2) is 16.9. The van der Waals surface area contributed by atoms with Crippen molar-refractivity contribution in [2.24, 2.45) is 5.92 Å². The van der Waals surface area contributed by atoms with Gasteiger partial charge in [-0.1, -0.05) is 18.5 Å². The lowest BCUT2D eigenvalue weighted by molar-refractivity contribution is -0.0115. The third-order valence-corrected chi connectivity index (χ3v) is 10.5. The maximum Gasteiger partial charge on any atom is 0.321 e. The summed E-state index contributed by atoms with van der Waals surface area (Å²) in [6.45, 7) is 6.20. The number of halogens is 1. The van der Waals surface area contributed by atoms with Crippen LogP contribution in [0, 0.1) is 5.92 Å². The van der Waals surface area contributed by atoms with Crippen molar-refractivity contribution in [1.82, 2.24) is 9.80 Å². The highest BCUT2D eigenvalue weighted by molar-refractivity contribution is 7.92. The van der Waals surface area contributed by atoms with Gasteiger partial charge in [0.1, 0.15) is 5.75 Å². The first-order valence-electron chi connectivity index (χ1n) is 16.9. The molecular weight excluding hydrogens is 700 g/mol. The Morgan fingerprint density at radius 3 is 2.47 bits per heavy atom. The van der Waals surface area contributed by atoms with E-state index in [1.54, 1.807) is 44.3 Å². The van der Waals surface area contributed by atoms with Crippen LogP contribution in [-0.2, 0) is 14.8 Å². The average molecular weight is 745 g/mol. The number of carbonyl (C=O) groups is 2. The maximum atomic E-state index is 14.4. The molecule has 0 aromatic heterocycles. The number of amides is 3. The van der Waals surface area contributed by atoms with Crippen LogP contribution in [0.3, 0.4) is 0 Å². The van der Waals surface area contributed by atoms with E-state index in [-0.39, 0.29) is 60.7 Å². The van der Waals surface area contributed by atoms with E-state index in [9.17, 15) is 23.1 Å². The summed E-state index contributed by atoms with van der Waals surface area (Å²) in [5, 5.41) is 13.5. The number of nitrogens with zero attached hydrogens (tertiary/aromatic N) is 2. The molecule has 0 saturated heterocycles. The Morgan fingerprint density at radius 1 is 1.02 bits per heavy atom. The van der Waals surface area contributed by atoms with E-state index in [1.807, 2.05) is 13.8 Å². The molecule has 0 spiro atoms. The van der Waals surface area contributed by atoms with Crippen molar-refractivity contribution in [2.75, 3.05) is 50.2 Å². The van der Waals surface area contributed by atoms with E-state index in [0.717, 1.165) is 12.8 Å². The fourth-order valence-electron chi connectivity index (χ4n) is 5.82. The van der Waals surface area contributed by atoms with Gasteiger partial charge in [0.05, 0.1) is 35.3 Å². The number of ether oxygens (including phenoxy) is 4. The molecule has 51 heavy (non-hydrogen) atoms. The second-order valence-electron chi connectivity index (χ2n) is 12.9. The van der Waals surface area contributed by atoms with Crippen molar-refractivity contribution >= 4 is 44.9 Å². The van der Waals surface area contributed by atoms with Crippen LogP contribution in [0.1, 0.15) is 50.4 Å². The van der Waals surface area contributed by atoms with Gasteiger partial charge < -0.3 is 39.2 Å². The van der Waals surface area contributed by atoms with Crippen molar-refractivity contribution in [3.05, 3.63) is 71.2 Å². The van der Waals surface area contributed by atoms with Crippen molar-refractivity contribution in [3.8, 4) is 17.2 Å². The normalized spacial score (nSPS) is 20.4. The van der Waals surface area contributed by atoms with E-state index >= 15 is 0 Å². The first-order valence-corrected chi connectivity index (χ1v) is 18.7. The zero-order chi connectivity index (χ0) is 36.7. The van der Waals surface area contributed by atoms with E-state index in [1.165, 1.54) is 40.1 Å². The van der Waals surface area contributed by atoms with Gasteiger partial charge in [-0.3, -0.25) is 9.52 Å². The fourth-order valence-corrected chi connectivity index (χ4v) is 7.00. The number of aliphatic hydroxyl groups excluding tert-OH is 1. The third-order valence-electron chi connectivity index (χ3n) is 8.85. The lowest BCUT2D eigenvalue weighted by atomic mass is 10.0. The lowest BCUT2D eigenvalue weighted by Crippen LogP contribution is -2.48. The number of aliphatic hydroxyl groups is 1. The summed E-state index contributed by atoms with van der Waals surface area (Å²) >= 11 is 5.95. The Morgan fingerprint density at radius 2 is 1.73 bits per heavy atom. The van der Waals surface area contributed by atoms with Crippen molar-refractivity contribution in [1.29, 1.82) is 0 Å². The van der Waals surface area contributed by atoms with Crippen molar-refractivity contribution < 1.29 is 42.1 Å². The predicted octanol–water partition coefficient (Wildman–Crippen LogP) is 5.83. The smallest absolute Gasteiger partial charge is 0.321 e. The van der Waals surface area contributed by atoms with Crippen LogP contribution in [0.5, 0.6) is 17.2 Å². The number of likely N-dealkylation sites (N-methyl/N-ethyl adjacent to an activating group) is 1. The molecule has 0 unspecified atom stereocenters. The summed E-state index contributed by atoms with van der Waals surface area (Å²) in [4.78, 5) is 30.7. The number of benzene rings is 3. The van der Waals surface area contributed by atoms with E-state index in [0.29, 0.717) is 41.0 Å². The number of hydrogen-bond acceptors (Lipinski definition) is 9. The van der Waals surface area contributed by atoms with Crippen molar-refractivity contribution in [2.45, 2.75) is 63.2 Å². The zero-order valence-corrected chi connectivity index (χ0v) is 30.7. The predicted molar refractivity (Wildman–Crippen MR) is 193 cm³/mol. The minimum Gasteiger partial charge on any atom is -0.490 e. The first-order chi connectivity index (χ1) is 24.3. The fraction of sp³-hybridized carbons (Fsp3) is 0.444. The number of sulfonamides is 1. The second-order valence-corrected chi connectivity index (χ2v) is 15.1. The molecule has 3 amide bonds. The highest BCUT2D eigenvalue weighted by Gasteiger charge is 2.31. The van der Waals surface area contributed by atoms with Gasteiger partial charge in [0.15, 0.2) is 11.5 Å². The average Bonchev–Trinajstić information content (AvgIpc) is 3.57.